The van der Waals surface area contributed by atoms with Crippen LogP contribution in [0.1, 0.15) is 37.9 Å². The fourth-order valence-electron chi connectivity index (χ4n) is 3.49. The Morgan fingerprint density at radius 3 is 2.87 bits per heavy atom. The third-order valence-corrected chi connectivity index (χ3v) is 6.60. The molecule has 1 fully saturated rings. The van der Waals surface area contributed by atoms with E-state index >= 15 is 0 Å². The van der Waals surface area contributed by atoms with Crippen LogP contribution in [0.3, 0.4) is 0 Å². The maximum Gasteiger partial charge on any atom is 0.283 e. The van der Waals surface area contributed by atoms with E-state index in [-0.39, 0.29) is 22.6 Å². The molecule has 8 heteroatoms. The number of anilines is 1. The van der Waals surface area contributed by atoms with E-state index < -0.39 is 0 Å². The molecule has 2 heterocycles. The molecule has 1 amide bonds. The van der Waals surface area contributed by atoms with Gasteiger partial charge in [-0.25, -0.2) is 4.99 Å². The maximum atomic E-state index is 13.2. The number of ether oxygens (including phenoxy) is 1. The quantitative estimate of drug-likeness (QED) is 0.471. The topological polar surface area (TPSA) is 72.1 Å². The first kappa shape index (κ1) is 20.8. The number of amides is 1. The van der Waals surface area contributed by atoms with E-state index in [9.17, 15) is 9.59 Å². The number of thioether (sulfide) groups is 1. The summed E-state index contributed by atoms with van der Waals surface area (Å²) in [5, 5.41) is 0.652. The van der Waals surface area contributed by atoms with Crippen LogP contribution in [0.4, 0.5) is 5.69 Å². The van der Waals surface area contributed by atoms with Crippen LogP contribution in [0.25, 0.3) is 6.08 Å². The summed E-state index contributed by atoms with van der Waals surface area (Å²) < 4.78 is 10.6. The van der Waals surface area contributed by atoms with Crippen LogP contribution in [0.15, 0.2) is 51.7 Å². The van der Waals surface area contributed by atoms with Gasteiger partial charge in [-0.2, -0.15) is 0 Å². The second kappa shape index (κ2) is 9.10. The van der Waals surface area contributed by atoms with Gasteiger partial charge in [0.15, 0.2) is 5.17 Å². The minimum atomic E-state index is -0.295. The molecule has 2 aromatic rings. The third kappa shape index (κ3) is 4.32. The largest absolute Gasteiger partial charge is 0.495 e. The zero-order chi connectivity index (χ0) is 21.1. The summed E-state index contributed by atoms with van der Waals surface area (Å²) in [7, 11) is 1.53. The molecule has 1 aliphatic carbocycles. The van der Waals surface area contributed by atoms with Gasteiger partial charge in [0.05, 0.1) is 29.3 Å². The van der Waals surface area contributed by atoms with E-state index in [1.165, 1.54) is 30.0 Å². The van der Waals surface area contributed by atoms with Gasteiger partial charge in [-0.05, 0) is 43.2 Å². The van der Waals surface area contributed by atoms with Crippen LogP contribution < -0.4 is 9.64 Å². The van der Waals surface area contributed by atoms with Crippen LogP contribution in [0.5, 0.6) is 5.75 Å². The molecule has 30 heavy (non-hydrogen) atoms. The van der Waals surface area contributed by atoms with Crippen molar-refractivity contribution in [3.05, 3.63) is 53.1 Å². The van der Waals surface area contributed by atoms with E-state index in [1.54, 1.807) is 36.4 Å². The molecule has 156 valence electrons. The standard InChI is InChI=1S/C22H21ClN2O4S/c1-28-19-10-9-14(12-16(19)23)25-21(27)17(13-15-6-5-11-29-15)24-22(25)30-20-8-4-2-3-7-18(20)26/h5-6,9-13,20H,2-4,7-8H2,1H3/b17-13+. The lowest BCUT2D eigenvalue weighted by Gasteiger charge is -2.21. The number of amidine groups is 1. The monoisotopic (exact) mass is 444 g/mol. The molecule has 6 nitrogen and oxygen atoms in total. The van der Waals surface area contributed by atoms with Crippen molar-refractivity contribution in [3.63, 3.8) is 0 Å². The molecular weight excluding hydrogens is 424 g/mol. The molecule has 1 saturated carbocycles. The number of rotatable bonds is 4. The lowest BCUT2D eigenvalue weighted by Crippen LogP contribution is -2.32. The first-order valence-corrected chi connectivity index (χ1v) is 11.0. The lowest BCUT2D eigenvalue weighted by atomic mass is 10.2. The minimum absolute atomic E-state index is 0.210. The van der Waals surface area contributed by atoms with E-state index in [0.29, 0.717) is 33.8 Å². The molecule has 1 aliphatic heterocycles. The van der Waals surface area contributed by atoms with Gasteiger partial charge < -0.3 is 9.15 Å². The smallest absolute Gasteiger partial charge is 0.283 e. The number of furan rings is 1. The first-order valence-electron chi connectivity index (χ1n) is 9.78. The Bertz CT molecular complexity index is 1020. The van der Waals surface area contributed by atoms with Crippen molar-refractivity contribution in [2.75, 3.05) is 12.0 Å². The van der Waals surface area contributed by atoms with Crippen LogP contribution in [-0.2, 0) is 9.59 Å². The van der Waals surface area contributed by atoms with Crippen molar-refractivity contribution < 1.29 is 18.7 Å². The molecule has 2 aliphatic rings. The molecule has 0 N–H and O–H groups in total. The minimum Gasteiger partial charge on any atom is -0.495 e. The zero-order valence-corrected chi connectivity index (χ0v) is 18.0. The van der Waals surface area contributed by atoms with Crippen molar-refractivity contribution in [3.8, 4) is 5.75 Å². The third-order valence-electron chi connectivity index (χ3n) is 5.04. The molecule has 0 saturated heterocycles. The highest BCUT2D eigenvalue weighted by Crippen LogP contribution is 2.37. The number of carbonyl (C=O) groups is 2. The Morgan fingerprint density at radius 2 is 2.13 bits per heavy atom. The van der Waals surface area contributed by atoms with E-state index in [2.05, 4.69) is 4.99 Å². The fourth-order valence-corrected chi connectivity index (χ4v) is 4.97. The lowest BCUT2D eigenvalue weighted by molar-refractivity contribution is -0.118. The van der Waals surface area contributed by atoms with Gasteiger partial charge >= 0.3 is 0 Å². The normalized spacial score (nSPS) is 21.1. The molecule has 0 bridgehead atoms. The Balaban J connectivity index is 1.70. The summed E-state index contributed by atoms with van der Waals surface area (Å²) in [5.74, 6) is 0.968. The Morgan fingerprint density at radius 1 is 1.27 bits per heavy atom. The number of ketones is 1. The summed E-state index contributed by atoms with van der Waals surface area (Å²) in [6, 6.07) is 8.63. The van der Waals surface area contributed by atoms with Crippen molar-refractivity contribution in [1.29, 1.82) is 0 Å². The Labute approximate surface area is 183 Å². The van der Waals surface area contributed by atoms with Gasteiger partial charge in [-0.3, -0.25) is 14.5 Å². The summed E-state index contributed by atoms with van der Waals surface area (Å²) in [6.45, 7) is 0. The molecule has 4 rings (SSSR count). The summed E-state index contributed by atoms with van der Waals surface area (Å²) in [5.41, 5.74) is 0.821. The molecule has 1 atom stereocenters. The molecule has 0 spiro atoms. The highest BCUT2D eigenvalue weighted by atomic mass is 35.5. The average Bonchev–Trinajstić information content (AvgIpc) is 3.29. The van der Waals surface area contributed by atoms with E-state index in [4.69, 9.17) is 20.8 Å². The summed E-state index contributed by atoms with van der Waals surface area (Å²) in [6.07, 6.45) is 7.46. The van der Waals surface area contributed by atoms with Crippen molar-refractivity contribution in [2.24, 2.45) is 4.99 Å². The predicted octanol–water partition coefficient (Wildman–Crippen LogP) is 5.32. The van der Waals surface area contributed by atoms with Crippen molar-refractivity contribution in [2.45, 2.75) is 37.4 Å². The van der Waals surface area contributed by atoms with E-state index in [1.807, 2.05) is 0 Å². The molecular formula is C22H21ClN2O4S. The van der Waals surface area contributed by atoms with Gasteiger partial charge in [0.25, 0.3) is 5.91 Å². The van der Waals surface area contributed by atoms with Crippen molar-refractivity contribution >= 4 is 52.0 Å². The van der Waals surface area contributed by atoms with Gasteiger partial charge in [0.1, 0.15) is 23.0 Å². The number of nitrogens with zero attached hydrogens (tertiary/aromatic N) is 2. The SMILES string of the molecule is COc1ccc(N2C(=O)/C(=C\c3ccco3)N=C2SC2CCCCCC2=O)cc1Cl. The molecule has 0 radical (unpaired) electrons. The number of methoxy groups -OCH3 is 1. The Kier molecular flexibility index (Phi) is 6.29. The highest BCUT2D eigenvalue weighted by molar-refractivity contribution is 8.15. The van der Waals surface area contributed by atoms with Crippen LogP contribution in [0, 0.1) is 0 Å². The summed E-state index contributed by atoms with van der Waals surface area (Å²) in [4.78, 5) is 31.9. The number of carbonyl (C=O) groups excluding carboxylic acids is 2. The number of aliphatic imine (C=N–C) groups is 1. The summed E-state index contributed by atoms with van der Waals surface area (Å²) >= 11 is 7.65. The fraction of sp³-hybridized carbons (Fsp3) is 0.318. The highest BCUT2D eigenvalue weighted by Gasteiger charge is 2.35. The predicted molar refractivity (Wildman–Crippen MR) is 119 cm³/mol. The second-order valence-electron chi connectivity index (χ2n) is 7.07. The number of halogens is 1. The number of benzene rings is 1. The van der Waals surface area contributed by atoms with Crippen LogP contribution >= 0.6 is 23.4 Å². The van der Waals surface area contributed by atoms with Gasteiger partial charge in [-0.1, -0.05) is 36.2 Å². The van der Waals surface area contributed by atoms with Crippen molar-refractivity contribution in [1.82, 2.24) is 0 Å². The number of hydrogen-bond donors (Lipinski definition) is 0. The number of Topliss-reactive ketones (excluding diaryl/α,β-unsaturated/α-hetero) is 1. The molecule has 1 unspecified atom stereocenters. The zero-order valence-electron chi connectivity index (χ0n) is 16.5. The second-order valence-corrected chi connectivity index (χ2v) is 8.65. The average molecular weight is 445 g/mol. The van der Waals surface area contributed by atoms with E-state index in [0.717, 1.165) is 25.7 Å². The molecule has 1 aromatic heterocycles. The van der Waals surface area contributed by atoms with Gasteiger partial charge in [0, 0.05) is 12.5 Å². The molecule has 1 aromatic carbocycles. The van der Waals surface area contributed by atoms with Crippen LogP contribution in [-0.4, -0.2) is 29.2 Å². The Hall–Kier alpha value is -2.51. The van der Waals surface area contributed by atoms with Crippen LogP contribution in [0.2, 0.25) is 5.02 Å². The number of hydrogen-bond acceptors (Lipinski definition) is 6. The van der Waals surface area contributed by atoms with Gasteiger partial charge in [-0.15, -0.1) is 0 Å². The van der Waals surface area contributed by atoms with Gasteiger partial charge in [0.2, 0.25) is 0 Å². The maximum absolute atomic E-state index is 13.2. The first-order chi connectivity index (χ1) is 14.6.